The van der Waals surface area contributed by atoms with Crippen LogP contribution in [0.5, 0.6) is 0 Å². The van der Waals surface area contributed by atoms with Crippen LogP contribution in [0.25, 0.3) is 0 Å². The number of aryl methyl sites for hydroxylation is 1. The molecule has 2 rings (SSSR count). The summed E-state index contributed by atoms with van der Waals surface area (Å²) in [5.74, 6) is 0. The molecule has 1 aromatic heterocycles. The van der Waals surface area contributed by atoms with Crippen molar-refractivity contribution in [2.45, 2.75) is 42.6 Å². The normalized spacial score (nSPS) is 22.7. The third-order valence-electron chi connectivity index (χ3n) is 3.06. The van der Waals surface area contributed by atoms with Crippen LogP contribution in [0.15, 0.2) is 21.4 Å². The number of aliphatic hydroxyl groups is 1. The predicted molar refractivity (Wildman–Crippen MR) is 71.7 cm³/mol. The van der Waals surface area contributed by atoms with Crippen molar-refractivity contribution in [2.24, 2.45) is 5.10 Å². The average Bonchev–Trinajstić information content (AvgIpc) is 3.04. The van der Waals surface area contributed by atoms with Crippen molar-refractivity contribution in [3.05, 3.63) is 17.0 Å². The molecule has 0 radical (unpaired) electrons. The van der Waals surface area contributed by atoms with E-state index in [4.69, 9.17) is 0 Å². The zero-order valence-electron chi connectivity index (χ0n) is 11.2. The summed E-state index contributed by atoms with van der Waals surface area (Å²) in [6.07, 6.45) is -7.55. The molecule has 1 aromatic rings. The molecule has 0 amide bonds. The highest BCUT2D eigenvalue weighted by Gasteiger charge is 2.56. The van der Waals surface area contributed by atoms with E-state index in [2.05, 4.69) is 5.10 Å². The fraction of sp³-hybridized carbons (Fsp3) is 0.545. The Morgan fingerprint density at radius 3 is 2.50 bits per heavy atom. The maximum atomic E-state index is 13.1. The van der Waals surface area contributed by atoms with Crippen molar-refractivity contribution in [1.29, 1.82) is 0 Å². The molecule has 0 aliphatic carbocycles. The first-order valence-corrected chi connectivity index (χ1v) is 8.38. The van der Waals surface area contributed by atoms with Crippen molar-refractivity contribution in [2.75, 3.05) is 0 Å². The van der Waals surface area contributed by atoms with E-state index in [9.17, 15) is 31.1 Å². The van der Waals surface area contributed by atoms with E-state index < -0.39 is 40.7 Å². The summed E-state index contributed by atoms with van der Waals surface area (Å²) in [6, 6.07) is 2.65. The molecule has 0 spiro atoms. The van der Waals surface area contributed by atoms with Gasteiger partial charge in [0.1, 0.15) is 9.92 Å². The Morgan fingerprint density at radius 2 is 2.05 bits per heavy atom. The highest BCUT2D eigenvalue weighted by atomic mass is 32.2. The van der Waals surface area contributed by atoms with Crippen molar-refractivity contribution >= 4 is 27.1 Å². The topological polar surface area (TPSA) is 70.0 Å². The number of sulfonamides is 1. The number of hydrogen-bond acceptors (Lipinski definition) is 5. The molecule has 1 N–H and O–H groups in total. The Balaban J connectivity index is 2.50. The third kappa shape index (κ3) is 2.72. The molecule has 1 atom stereocenters. The van der Waals surface area contributed by atoms with Crippen molar-refractivity contribution in [3.63, 3.8) is 0 Å². The molecule has 11 heteroatoms. The standard InChI is InChI=1S/C11H12F4N2O3S2/c1-2-6-3-4-8(21-6)22(19,20)17-11(18,10(14)15)5-7(16-17)9(12)13/h3-4,9-10,18H,2,5H2,1H3. The minimum Gasteiger partial charge on any atom is -0.364 e. The first kappa shape index (κ1) is 17.2. The summed E-state index contributed by atoms with van der Waals surface area (Å²) < 4.78 is 75.5. The van der Waals surface area contributed by atoms with E-state index in [0.29, 0.717) is 11.3 Å². The number of thiophene rings is 1. The van der Waals surface area contributed by atoms with Crippen LogP contribution in [0, 0.1) is 0 Å². The molecule has 5 nitrogen and oxygen atoms in total. The third-order valence-corrected chi connectivity index (χ3v) is 6.46. The quantitative estimate of drug-likeness (QED) is 0.819. The van der Waals surface area contributed by atoms with E-state index in [1.807, 2.05) is 0 Å². The molecular formula is C11H12F4N2O3S2. The lowest BCUT2D eigenvalue weighted by molar-refractivity contribution is -0.150. The van der Waals surface area contributed by atoms with Gasteiger partial charge in [0.2, 0.25) is 5.72 Å². The van der Waals surface area contributed by atoms with Crippen LogP contribution in [0.4, 0.5) is 17.6 Å². The highest BCUT2D eigenvalue weighted by Crippen LogP contribution is 2.38. The zero-order chi connectivity index (χ0) is 16.7. The summed E-state index contributed by atoms with van der Waals surface area (Å²) in [4.78, 5) is 0.663. The Labute approximate surface area is 127 Å². The van der Waals surface area contributed by atoms with E-state index in [1.54, 1.807) is 6.92 Å². The molecule has 0 saturated heterocycles. The van der Waals surface area contributed by atoms with Crippen LogP contribution >= 0.6 is 11.3 Å². The second kappa shape index (κ2) is 5.78. The lowest BCUT2D eigenvalue weighted by Gasteiger charge is -2.30. The molecule has 0 saturated carbocycles. The molecule has 0 aromatic carbocycles. The van der Waals surface area contributed by atoms with Gasteiger partial charge < -0.3 is 5.11 Å². The first-order valence-electron chi connectivity index (χ1n) is 6.13. The van der Waals surface area contributed by atoms with Crippen molar-refractivity contribution < 1.29 is 31.1 Å². The number of hydrazone groups is 1. The molecule has 0 bridgehead atoms. The van der Waals surface area contributed by atoms with Crippen LogP contribution in [0.1, 0.15) is 18.2 Å². The Bertz CT molecular complexity index is 689. The maximum absolute atomic E-state index is 13.1. The van der Waals surface area contributed by atoms with Gasteiger partial charge >= 0.3 is 0 Å². The van der Waals surface area contributed by atoms with Gasteiger partial charge in [-0.1, -0.05) is 6.92 Å². The lowest BCUT2D eigenvalue weighted by Crippen LogP contribution is -2.51. The summed E-state index contributed by atoms with van der Waals surface area (Å²) in [7, 11) is -4.65. The van der Waals surface area contributed by atoms with Gasteiger partial charge in [-0.2, -0.15) is 13.5 Å². The summed E-state index contributed by atoms with van der Waals surface area (Å²) in [6.45, 7) is 1.76. The van der Waals surface area contributed by atoms with Gasteiger partial charge in [-0.15, -0.1) is 15.8 Å². The number of nitrogens with zero attached hydrogens (tertiary/aromatic N) is 2. The molecule has 2 heterocycles. The van der Waals surface area contributed by atoms with Gasteiger partial charge in [-0.25, -0.2) is 17.6 Å². The smallest absolute Gasteiger partial charge is 0.291 e. The predicted octanol–water partition coefficient (Wildman–Crippen LogP) is 2.28. The Kier molecular flexibility index (Phi) is 4.51. The lowest BCUT2D eigenvalue weighted by atomic mass is 10.1. The van der Waals surface area contributed by atoms with Gasteiger partial charge in [-0.05, 0) is 18.6 Å². The van der Waals surface area contributed by atoms with Crippen molar-refractivity contribution in [1.82, 2.24) is 4.41 Å². The number of rotatable bonds is 5. The fourth-order valence-corrected chi connectivity index (χ4v) is 4.70. The number of halogens is 4. The zero-order valence-corrected chi connectivity index (χ0v) is 12.8. The maximum Gasteiger partial charge on any atom is 0.291 e. The minimum atomic E-state index is -4.65. The van der Waals surface area contributed by atoms with Crippen LogP contribution in [-0.4, -0.2) is 42.2 Å². The Morgan fingerprint density at radius 1 is 1.41 bits per heavy atom. The second-order valence-electron chi connectivity index (χ2n) is 4.57. The van der Waals surface area contributed by atoms with Gasteiger partial charge in [0.15, 0.2) is 0 Å². The summed E-state index contributed by atoms with van der Waals surface area (Å²) in [5.41, 5.74) is -4.40. The van der Waals surface area contributed by atoms with Crippen LogP contribution in [0.2, 0.25) is 0 Å². The van der Waals surface area contributed by atoms with E-state index in [1.165, 1.54) is 12.1 Å². The molecule has 22 heavy (non-hydrogen) atoms. The van der Waals surface area contributed by atoms with Crippen LogP contribution in [-0.2, 0) is 16.4 Å². The molecule has 124 valence electrons. The largest absolute Gasteiger partial charge is 0.364 e. The molecule has 1 unspecified atom stereocenters. The average molecular weight is 360 g/mol. The van der Waals surface area contributed by atoms with Gasteiger partial charge in [0.05, 0.1) is 0 Å². The molecule has 0 fully saturated rings. The molecular weight excluding hydrogens is 348 g/mol. The van der Waals surface area contributed by atoms with Gasteiger partial charge in [0, 0.05) is 11.3 Å². The molecule has 1 aliphatic heterocycles. The van der Waals surface area contributed by atoms with E-state index in [0.717, 1.165) is 11.3 Å². The summed E-state index contributed by atoms with van der Waals surface area (Å²) in [5, 5.41) is 12.9. The second-order valence-corrected chi connectivity index (χ2v) is 7.73. The summed E-state index contributed by atoms with van der Waals surface area (Å²) >= 11 is 0.806. The Hall–Kier alpha value is -1.20. The highest BCUT2D eigenvalue weighted by molar-refractivity contribution is 7.91. The van der Waals surface area contributed by atoms with Crippen LogP contribution in [0.3, 0.4) is 0 Å². The SMILES string of the molecule is CCc1ccc(S(=O)(=O)N2N=C(C(F)F)CC2(O)C(F)F)s1. The number of alkyl halides is 4. The molecule has 1 aliphatic rings. The van der Waals surface area contributed by atoms with Gasteiger partial charge in [-0.3, -0.25) is 0 Å². The number of hydrogen-bond donors (Lipinski definition) is 1. The van der Waals surface area contributed by atoms with E-state index in [-0.39, 0.29) is 8.62 Å². The monoisotopic (exact) mass is 360 g/mol. The van der Waals surface area contributed by atoms with Gasteiger partial charge in [0.25, 0.3) is 22.9 Å². The van der Waals surface area contributed by atoms with Crippen molar-refractivity contribution in [3.8, 4) is 0 Å². The minimum absolute atomic E-state index is 0.294. The van der Waals surface area contributed by atoms with Crippen LogP contribution < -0.4 is 0 Å². The van der Waals surface area contributed by atoms with E-state index >= 15 is 0 Å². The first-order chi connectivity index (χ1) is 10.1. The fourth-order valence-electron chi connectivity index (χ4n) is 1.89.